The highest BCUT2D eigenvalue weighted by Crippen LogP contribution is 2.24. The summed E-state index contributed by atoms with van der Waals surface area (Å²) in [6.07, 6.45) is 1.56. The number of nitrogens with zero attached hydrogens (tertiary/aromatic N) is 1. The lowest BCUT2D eigenvalue weighted by Gasteiger charge is -2.16. The topological polar surface area (TPSA) is 29.4 Å². The average molecular weight is 203 g/mol. The molecular weight excluding hydrogens is 186 g/mol. The molecule has 0 heterocycles. The van der Waals surface area contributed by atoms with Crippen molar-refractivity contribution in [2.24, 2.45) is 10.9 Å². The lowest BCUT2D eigenvalue weighted by atomic mass is 9.89. The molecular formula is C13H17NO. The molecule has 0 fully saturated rings. The summed E-state index contributed by atoms with van der Waals surface area (Å²) in [7, 11) is 0. The van der Waals surface area contributed by atoms with Gasteiger partial charge in [0, 0.05) is 0 Å². The molecule has 0 N–H and O–H groups in total. The van der Waals surface area contributed by atoms with Crippen molar-refractivity contribution in [2.75, 3.05) is 0 Å². The fourth-order valence-electron chi connectivity index (χ4n) is 1.48. The first-order valence-electron chi connectivity index (χ1n) is 5.27. The quantitative estimate of drug-likeness (QED) is 0.545. The molecule has 80 valence electrons. The van der Waals surface area contributed by atoms with Crippen molar-refractivity contribution in [1.82, 2.24) is 0 Å². The van der Waals surface area contributed by atoms with E-state index in [2.05, 4.69) is 37.9 Å². The Labute approximate surface area is 91.0 Å². The summed E-state index contributed by atoms with van der Waals surface area (Å²) in [5.41, 5.74) is 2.38. The van der Waals surface area contributed by atoms with Crippen LogP contribution in [0.1, 0.15) is 37.8 Å². The zero-order chi connectivity index (χ0) is 11.3. The molecule has 0 aliphatic heterocycles. The summed E-state index contributed by atoms with van der Waals surface area (Å²) in [4.78, 5) is 13.6. The Hall–Kier alpha value is -1.40. The smallest absolute Gasteiger partial charge is 0.211 e. The van der Waals surface area contributed by atoms with Crippen LogP contribution in [0.4, 0.5) is 0 Å². The molecule has 2 nitrogen and oxygen atoms in total. The number of hydrogen-bond acceptors (Lipinski definition) is 2. The van der Waals surface area contributed by atoms with Crippen LogP contribution in [-0.4, -0.2) is 6.08 Å². The van der Waals surface area contributed by atoms with Crippen molar-refractivity contribution >= 4 is 6.08 Å². The van der Waals surface area contributed by atoms with Gasteiger partial charge in [-0.1, -0.05) is 45.0 Å². The lowest BCUT2D eigenvalue weighted by molar-refractivity contribution is 0.534. The second kappa shape index (κ2) is 5.47. The highest BCUT2D eigenvalue weighted by Gasteiger charge is 2.09. The van der Waals surface area contributed by atoms with Gasteiger partial charge in [-0.25, -0.2) is 9.79 Å². The van der Waals surface area contributed by atoms with Crippen LogP contribution in [-0.2, 0) is 11.3 Å². The van der Waals surface area contributed by atoms with Gasteiger partial charge in [0.15, 0.2) is 0 Å². The van der Waals surface area contributed by atoms with Crippen molar-refractivity contribution in [2.45, 2.75) is 33.2 Å². The SMILES string of the molecule is CC(C)C(C)c1cccc(CN=C=O)c1. The number of isocyanates is 1. The molecule has 0 amide bonds. The number of carbonyl (C=O) groups excluding carboxylic acids is 1. The van der Waals surface area contributed by atoms with Crippen LogP contribution in [0.5, 0.6) is 0 Å². The first-order chi connectivity index (χ1) is 7.15. The Bertz CT molecular complexity index is 365. The minimum Gasteiger partial charge on any atom is -0.211 e. The molecule has 1 atom stereocenters. The van der Waals surface area contributed by atoms with Gasteiger partial charge in [-0.3, -0.25) is 0 Å². The zero-order valence-electron chi connectivity index (χ0n) is 9.53. The zero-order valence-corrected chi connectivity index (χ0v) is 9.53. The minimum absolute atomic E-state index is 0.433. The molecule has 0 saturated carbocycles. The van der Waals surface area contributed by atoms with Crippen molar-refractivity contribution in [3.8, 4) is 0 Å². The summed E-state index contributed by atoms with van der Waals surface area (Å²) < 4.78 is 0. The standard InChI is InChI=1S/C13H17NO/c1-10(2)11(3)13-6-4-5-12(7-13)8-14-9-15/h4-7,10-11H,8H2,1-3H3. The molecule has 0 saturated heterocycles. The summed E-state index contributed by atoms with van der Waals surface area (Å²) in [5.74, 6) is 1.15. The van der Waals surface area contributed by atoms with Crippen LogP contribution in [0.3, 0.4) is 0 Å². The van der Waals surface area contributed by atoms with E-state index in [4.69, 9.17) is 0 Å². The molecule has 0 aliphatic rings. The third-order valence-corrected chi connectivity index (χ3v) is 2.80. The molecule has 0 bridgehead atoms. The summed E-state index contributed by atoms with van der Waals surface area (Å²) in [5, 5.41) is 0. The molecule has 1 rings (SSSR count). The fourth-order valence-corrected chi connectivity index (χ4v) is 1.48. The van der Waals surface area contributed by atoms with Gasteiger partial charge in [0.2, 0.25) is 6.08 Å². The van der Waals surface area contributed by atoms with Crippen LogP contribution in [0.2, 0.25) is 0 Å². The van der Waals surface area contributed by atoms with Gasteiger partial charge in [-0.05, 0) is 23.0 Å². The van der Waals surface area contributed by atoms with Crippen molar-refractivity contribution < 1.29 is 4.79 Å². The summed E-state index contributed by atoms with van der Waals surface area (Å²) in [6, 6.07) is 8.24. The highest BCUT2D eigenvalue weighted by atomic mass is 16.1. The predicted molar refractivity (Wildman–Crippen MR) is 61.5 cm³/mol. The normalized spacial score (nSPS) is 12.3. The first kappa shape index (κ1) is 11.7. The Morgan fingerprint density at radius 3 is 2.67 bits per heavy atom. The first-order valence-corrected chi connectivity index (χ1v) is 5.27. The Morgan fingerprint density at radius 2 is 2.07 bits per heavy atom. The molecule has 0 spiro atoms. The van der Waals surface area contributed by atoms with Crippen LogP contribution in [0.25, 0.3) is 0 Å². The third-order valence-electron chi connectivity index (χ3n) is 2.80. The highest BCUT2D eigenvalue weighted by molar-refractivity contribution is 5.34. The Kier molecular flexibility index (Phi) is 4.26. The minimum atomic E-state index is 0.433. The van der Waals surface area contributed by atoms with E-state index in [0.29, 0.717) is 18.4 Å². The number of aliphatic imine (C=N–C) groups is 1. The summed E-state index contributed by atoms with van der Waals surface area (Å²) >= 11 is 0. The predicted octanol–water partition coefficient (Wildman–Crippen LogP) is 3.28. The van der Waals surface area contributed by atoms with E-state index >= 15 is 0 Å². The van der Waals surface area contributed by atoms with E-state index in [9.17, 15) is 4.79 Å². The maximum absolute atomic E-state index is 10.0. The molecule has 1 unspecified atom stereocenters. The monoisotopic (exact) mass is 203 g/mol. The van der Waals surface area contributed by atoms with Gasteiger partial charge in [-0.15, -0.1) is 0 Å². The van der Waals surface area contributed by atoms with Crippen molar-refractivity contribution in [3.63, 3.8) is 0 Å². The average Bonchev–Trinajstić information content (AvgIpc) is 2.25. The molecule has 1 aromatic carbocycles. The van der Waals surface area contributed by atoms with Gasteiger partial charge in [0.05, 0.1) is 6.54 Å². The molecule has 0 aliphatic carbocycles. The maximum atomic E-state index is 10.0. The molecule has 0 radical (unpaired) electrons. The van der Waals surface area contributed by atoms with Crippen LogP contribution in [0, 0.1) is 5.92 Å². The largest absolute Gasteiger partial charge is 0.235 e. The molecule has 0 aromatic heterocycles. The Morgan fingerprint density at radius 1 is 1.33 bits per heavy atom. The van der Waals surface area contributed by atoms with Gasteiger partial charge in [0.25, 0.3) is 0 Å². The fraction of sp³-hybridized carbons (Fsp3) is 0.462. The molecule has 1 aromatic rings. The van der Waals surface area contributed by atoms with Gasteiger partial charge in [-0.2, -0.15) is 0 Å². The van der Waals surface area contributed by atoms with Crippen LogP contribution < -0.4 is 0 Å². The maximum Gasteiger partial charge on any atom is 0.235 e. The van der Waals surface area contributed by atoms with E-state index in [0.717, 1.165) is 5.56 Å². The van der Waals surface area contributed by atoms with Gasteiger partial charge in [0.1, 0.15) is 0 Å². The van der Waals surface area contributed by atoms with Crippen LogP contribution >= 0.6 is 0 Å². The van der Waals surface area contributed by atoms with Crippen molar-refractivity contribution in [3.05, 3.63) is 35.4 Å². The van der Waals surface area contributed by atoms with E-state index in [1.807, 2.05) is 12.1 Å². The van der Waals surface area contributed by atoms with Gasteiger partial charge < -0.3 is 0 Å². The molecule has 2 heteroatoms. The number of hydrogen-bond donors (Lipinski definition) is 0. The van der Waals surface area contributed by atoms with E-state index < -0.39 is 0 Å². The van der Waals surface area contributed by atoms with Crippen molar-refractivity contribution in [1.29, 1.82) is 0 Å². The Balaban J connectivity index is 2.86. The third kappa shape index (κ3) is 3.34. The van der Waals surface area contributed by atoms with E-state index in [1.54, 1.807) is 6.08 Å². The number of rotatable bonds is 4. The number of benzene rings is 1. The van der Waals surface area contributed by atoms with E-state index in [1.165, 1.54) is 5.56 Å². The van der Waals surface area contributed by atoms with Gasteiger partial charge >= 0.3 is 0 Å². The second-order valence-corrected chi connectivity index (χ2v) is 4.19. The summed E-state index contributed by atoms with van der Waals surface area (Å²) in [6.45, 7) is 7.07. The van der Waals surface area contributed by atoms with E-state index in [-0.39, 0.29) is 0 Å². The van der Waals surface area contributed by atoms with Crippen LogP contribution in [0.15, 0.2) is 29.3 Å². The second-order valence-electron chi connectivity index (χ2n) is 4.19. The molecule has 15 heavy (non-hydrogen) atoms. The lowest BCUT2D eigenvalue weighted by Crippen LogP contribution is -2.02.